The Morgan fingerprint density at radius 2 is 1.62 bits per heavy atom. The molecule has 0 aliphatic carbocycles. The predicted molar refractivity (Wildman–Crippen MR) is 133 cm³/mol. The second-order valence-corrected chi connectivity index (χ2v) is 9.91. The van der Waals surface area contributed by atoms with E-state index < -0.39 is 0 Å². The first-order chi connectivity index (χ1) is 15.2. The molecule has 0 saturated heterocycles. The van der Waals surface area contributed by atoms with Crippen molar-refractivity contribution in [1.82, 2.24) is 0 Å². The normalized spacial score (nSPS) is 15.3. The van der Waals surface area contributed by atoms with E-state index in [0.29, 0.717) is 31.8 Å². The van der Waals surface area contributed by atoms with Crippen LogP contribution in [0.25, 0.3) is 10.4 Å². The van der Waals surface area contributed by atoms with Gasteiger partial charge in [-0.05, 0) is 49.2 Å². The highest BCUT2D eigenvalue weighted by Gasteiger charge is 2.29. The number of hydrogen-bond acceptors (Lipinski definition) is 6. The number of halogens is 2. The van der Waals surface area contributed by atoms with Gasteiger partial charge < -0.3 is 10.2 Å². The molecule has 4 nitrogen and oxygen atoms in total. The molecule has 1 aromatic heterocycles. The summed E-state index contributed by atoms with van der Waals surface area (Å²) in [5.41, 5.74) is 2.64. The van der Waals surface area contributed by atoms with Crippen LogP contribution in [0, 0.1) is 0 Å². The molecule has 0 amide bonds. The average molecular weight is 507 g/mol. The van der Waals surface area contributed by atoms with Gasteiger partial charge >= 0.3 is 0 Å². The number of ketones is 2. The van der Waals surface area contributed by atoms with Crippen LogP contribution in [0.4, 0.5) is 0 Å². The van der Waals surface area contributed by atoms with Crippen molar-refractivity contribution in [2.45, 2.75) is 19.1 Å². The number of thioether (sulfide) groups is 1. The molecule has 0 fully saturated rings. The number of aromatic hydroxyl groups is 1. The van der Waals surface area contributed by atoms with Crippen molar-refractivity contribution in [3.8, 4) is 16.2 Å². The summed E-state index contributed by atoms with van der Waals surface area (Å²) < 4.78 is 0. The molecule has 8 heteroatoms. The maximum Gasteiger partial charge on any atom is 0.164 e. The lowest BCUT2D eigenvalue weighted by atomic mass is 10.1. The van der Waals surface area contributed by atoms with Crippen LogP contribution in [-0.2, 0) is 4.79 Å². The average Bonchev–Trinajstić information content (AvgIpc) is 3.31. The van der Waals surface area contributed by atoms with E-state index in [9.17, 15) is 19.8 Å². The van der Waals surface area contributed by atoms with E-state index in [4.69, 9.17) is 23.2 Å². The summed E-state index contributed by atoms with van der Waals surface area (Å²) >= 11 is 14.7. The summed E-state index contributed by atoms with van der Waals surface area (Å²) in [7, 11) is 0. The minimum atomic E-state index is -0.155. The first-order valence-electron chi connectivity index (χ1n) is 9.56. The summed E-state index contributed by atoms with van der Waals surface area (Å²) in [6.45, 7) is 2.91. The van der Waals surface area contributed by atoms with E-state index in [1.54, 1.807) is 35.3 Å². The highest BCUT2D eigenvalue weighted by atomic mass is 35.5. The van der Waals surface area contributed by atoms with Crippen molar-refractivity contribution in [1.29, 1.82) is 0 Å². The number of benzene rings is 2. The number of hydrogen-bond donors (Lipinski definition) is 2. The van der Waals surface area contributed by atoms with Crippen molar-refractivity contribution >= 4 is 57.9 Å². The first kappa shape index (κ1) is 24.4. The van der Waals surface area contributed by atoms with E-state index in [-0.39, 0.29) is 28.3 Å². The molecule has 0 spiro atoms. The molecule has 0 bridgehead atoms. The molecule has 1 aliphatic rings. The van der Waals surface area contributed by atoms with Gasteiger partial charge in [-0.15, -0.1) is 23.1 Å². The fourth-order valence-corrected chi connectivity index (χ4v) is 5.83. The van der Waals surface area contributed by atoms with Crippen molar-refractivity contribution < 1.29 is 19.8 Å². The Kier molecular flexibility index (Phi) is 8.06. The Bertz CT molecular complexity index is 1200. The zero-order valence-corrected chi connectivity index (χ0v) is 20.4. The summed E-state index contributed by atoms with van der Waals surface area (Å²) in [5, 5.41) is 22.6. The Hall–Kier alpha value is -2.25. The molecule has 2 N–H and O–H groups in total. The Morgan fingerprint density at radius 1 is 0.969 bits per heavy atom. The first-order valence-corrected chi connectivity index (χ1v) is 12.2. The predicted octanol–water partition coefficient (Wildman–Crippen LogP) is 7.51. The summed E-state index contributed by atoms with van der Waals surface area (Å²) in [4.78, 5) is 23.1. The number of thiophene rings is 1. The van der Waals surface area contributed by atoms with Gasteiger partial charge in [0.1, 0.15) is 11.5 Å². The van der Waals surface area contributed by atoms with Crippen LogP contribution in [0.1, 0.15) is 35.0 Å². The van der Waals surface area contributed by atoms with Gasteiger partial charge in [-0.2, -0.15) is 0 Å². The number of rotatable bonds is 4. The van der Waals surface area contributed by atoms with Gasteiger partial charge in [0.15, 0.2) is 11.6 Å². The topological polar surface area (TPSA) is 74.6 Å². The molecule has 1 aliphatic heterocycles. The molecule has 4 rings (SSSR count). The van der Waals surface area contributed by atoms with Crippen LogP contribution in [-0.4, -0.2) is 27.5 Å². The van der Waals surface area contributed by atoms with Crippen LogP contribution in [0.3, 0.4) is 0 Å². The monoisotopic (exact) mass is 506 g/mol. The molecule has 0 radical (unpaired) electrons. The highest BCUT2D eigenvalue weighted by molar-refractivity contribution is 8.00. The quantitative estimate of drug-likeness (QED) is 0.358. The minimum absolute atomic E-state index is 0.0415. The smallest absolute Gasteiger partial charge is 0.164 e. The van der Waals surface area contributed by atoms with Gasteiger partial charge in [0.25, 0.3) is 0 Å². The summed E-state index contributed by atoms with van der Waals surface area (Å²) in [5.74, 6) is 0.592. The third-order valence-electron chi connectivity index (χ3n) is 4.76. The van der Waals surface area contributed by atoms with Gasteiger partial charge in [0.05, 0.1) is 15.7 Å². The van der Waals surface area contributed by atoms with Crippen LogP contribution in [0.15, 0.2) is 65.2 Å². The van der Waals surface area contributed by atoms with Gasteiger partial charge in [-0.1, -0.05) is 47.5 Å². The number of aliphatic hydroxyl groups is 1. The highest BCUT2D eigenvalue weighted by Crippen LogP contribution is 2.43. The number of aliphatic hydroxyl groups excluding tert-OH is 1. The summed E-state index contributed by atoms with van der Waals surface area (Å²) in [6, 6.07) is 14.5. The second kappa shape index (κ2) is 10.6. The Balaban J connectivity index is 0.000000181. The van der Waals surface area contributed by atoms with Crippen molar-refractivity contribution in [2.24, 2.45) is 0 Å². The van der Waals surface area contributed by atoms with E-state index in [2.05, 4.69) is 0 Å². The van der Waals surface area contributed by atoms with Crippen molar-refractivity contribution in [3.63, 3.8) is 0 Å². The van der Waals surface area contributed by atoms with Gasteiger partial charge in [0.2, 0.25) is 0 Å². The molecular weight excluding hydrogens is 487 g/mol. The molecule has 1 unspecified atom stereocenters. The lowest BCUT2D eigenvalue weighted by Gasteiger charge is -2.10. The zero-order chi connectivity index (χ0) is 23.4. The SMILES string of the molecule is CC(=O)C1=C(O)C(c2cccc(Cl)c2)SC1.CC(=O)c1csc(-c2cccc(Cl)c2)c1O. The summed E-state index contributed by atoms with van der Waals surface area (Å²) in [6.07, 6.45) is 0. The largest absolute Gasteiger partial charge is 0.510 e. The van der Waals surface area contributed by atoms with E-state index in [1.165, 1.54) is 25.2 Å². The number of Topliss-reactive ketones (excluding diaryl/α,β-unsaturated/α-hetero) is 2. The van der Waals surface area contributed by atoms with Crippen molar-refractivity contribution in [3.05, 3.63) is 86.4 Å². The Morgan fingerprint density at radius 3 is 2.16 bits per heavy atom. The molecule has 3 aromatic rings. The Labute approximate surface area is 204 Å². The lowest BCUT2D eigenvalue weighted by molar-refractivity contribution is -0.113. The van der Waals surface area contributed by atoms with Crippen LogP contribution in [0.2, 0.25) is 10.0 Å². The van der Waals surface area contributed by atoms with Crippen LogP contribution < -0.4 is 0 Å². The minimum Gasteiger partial charge on any atom is -0.510 e. The maximum absolute atomic E-state index is 11.2. The number of carbonyl (C=O) groups excluding carboxylic acids is 2. The lowest BCUT2D eigenvalue weighted by Crippen LogP contribution is -2.00. The van der Waals surface area contributed by atoms with Crippen molar-refractivity contribution in [2.75, 3.05) is 5.75 Å². The molecule has 2 aromatic carbocycles. The van der Waals surface area contributed by atoms with Crippen LogP contribution in [0.5, 0.6) is 5.75 Å². The molecular formula is C24H20Cl2O4S2. The van der Waals surface area contributed by atoms with Crippen LogP contribution >= 0.6 is 46.3 Å². The number of carbonyl (C=O) groups is 2. The molecule has 1 atom stereocenters. The molecule has 2 heterocycles. The standard InChI is InChI=1S/C12H11ClO2S.C12H9ClO2S/c2*1-7(14)10-6-16-12(11(10)15)8-3-2-4-9(13)5-8/h2-5,12,15H,6H2,1H3;2-6,15H,1H3. The second-order valence-electron chi connectivity index (χ2n) is 7.06. The third-order valence-corrected chi connectivity index (χ3v) is 7.53. The fraction of sp³-hybridized carbons (Fsp3) is 0.167. The maximum atomic E-state index is 11.2. The van der Waals surface area contributed by atoms with Gasteiger partial charge in [-0.25, -0.2) is 0 Å². The van der Waals surface area contributed by atoms with Gasteiger partial charge in [-0.3, -0.25) is 9.59 Å². The van der Waals surface area contributed by atoms with Gasteiger partial charge in [0, 0.05) is 26.8 Å². The van der Waals surface area contributed by atoms with E-state index in [0.717, 1.165) is 11.1 Å². The molecule has 32 heavy (non-hydrogen) atoms. The molecule has 166 valence electrons. The fourth-order valence-electron chi connectivity index (χ4n) is 3.12. The van der Waals surface area contributed by atoms with E-state index >= 15 is 0 Å². The molecule has 0 saturated carbocycles. The zero-order valence-electron chi connectivity index (χ0n) is 17.3. The van der Waals surface area contributed by atoms with E-state index in [1.807, 2.05) is 30.3 Å². The third kappa shape index (κ3) is 5.56.